The molecule has 0 atom stereocenters. The van der Waals surface area contributed by atoms with Crippen LogP contribution in [-0.4, -0.2) is 18.1 Å². The van der Waals surface area contributed by atoms with Crippen molar-refractivity contribution in [1.29, 1.82) is 0 Å². The van der Waals surface area contributed by atoms with Crippen LogP contribution in [0, 0.1) is 0 Å². The Morgan fingerprint density at radius 3 is 2.59 bits per heavy atom. The van der Waals surface area contributed by atoms with E-state index in [0.717, 1.165) is 11.1 Å². The predicted molar refractivity (Wildman–Crippen MR) is 65.4 cm³/mol. The molecule has 0 saturated heterocycles. The number of benzene rings is 1. The Hall–Kier alpha value is -2.36. The van der Waals surface area contributed by atoms with E-state index in [4.69, 9.17) is 10.5 Å². The van der Waals surface area contributed by atoms with E-state index in [-0.39, 0.29) is 5.82 Å². The molecule has 1 aromatic carbocycles. The molecule has 0 aliphatic rings. The molecule has 0 unspecified atom stereocenters. The Labute approximate surface area is 99.1 Å². The molecule has 0 bridgehead atoms. The van der Waals surface area contributed by atoms with Gasteiger partial charge in [0.1, 0.15) is 11.4 Å². The zero-order valence-corrected chi connectivity index (χ0v) is 9.38. The molecule has 0 aliphatic carbocycles. The first-order valence-electron chi connectivity index (χ1n) is 5.12. The quantitative estimate of drug-likeness (QED) is 0.799. The van der Waals surface area contributed by atoms with Gasteiger partial charge in [0, 0.05) is 11.8 Å². The Morgan fingerprint density at radius 1 is 1.24 bits per heavy atom. The van der Waals surface area contributed by atoms with E-state index >= 15 is 0 Å². The second kappa shape index (κ2) is 4.65. The summed E-state index contributed by atoms with van der Waals surface area (Å²) in [5.74, 6) is -0.298. The number of hydrogen-bond acceptors (Lipinski definition) is 4. The van der Waals surface area contributed by atoms with Crippen molar-refractivity contribution in [2.75, 3.05) is 12.8 Å². The number of carbonyl (C=O) groups excluding carboxylic acids is 1. The molecule has 2 N–H and O–H groups in total. The first-order chi connectivity index (χ1) is 8.24. The van der Waals surface area contributed by atoms with Gasteiger partial charge >= 0.3 is 5.97 Å². The number of nitrogen functional groups attached to an aromatic ring is 1. The van der Waals surface area contributed by atoms with Crippen LogP contribution in [0.4, 0.5) is 5.82 Å². The molecule has 0 aliphatic heterocycles. The number of nitrogens with two attached hydrogens (primary N) is 1. The summed E-state index contributed by atoms with van der Waals surface area (Å²) >= 11 is 0. The molecule has 2 aromatic rings. The monoisotopic (exact) mass is 228 g/mol. The largest absolute Gasteiger partial charge is 0.465 e. The van der Waals surface area contributed by atoms with Crippen molar-refractivity contribution in [3.8, 4) is 11.1 Å². The smallest absolute Gasteiger partial charge is 0.342 e. The van der Waals surface area contributed by atoms with E-state index in [1.54, 1.807) is 12.3 Å². The molecule has 0 amide bonds. The van der Waals surface area contributed by atoms with Crippen LogP contribution in [0.2, 0.25) is 0 Å². The van der Waals surface area contributed by atoms with Crippen molar-refractivity contribution in [3.63, 3.8) is 0 Å². The van der Waals surface area contributed by atoms with E-state index in [0.29, 0.717) is 5.56 Å². The minimum absolute atomic E-state index is 0.179. The lowest BCUT2D eigenvalue weighted by atomic mass is 10.0. The number of rotatable bonds is 2. The number of esters is 1. The molecule has 86 valence electrons. The molecular weight excluding hydrogens is 216 g/mol. The van der Waals surface area contributed by atoms with Gasteiger partial charge < -0.3 is 10.5 Å². The van der Waals surface area contributed by atoms with Gasteiger partial charge in [-0.05, 0) is 11.6 Å². The second-order valence-electron chi connectivity index (χ2n) is 3.48. The summed E-state index contributed by atoms with van der Waals surface area (Å²) in [6.45, 7) is 0. The second-order valence-corrected chi connectivity index (χ2v) is 3.48. The maximum atomic E-state index is 11.7. The third-order valence-corrected chi connectivity index (χ3v) is 2.45. The fourth-order valence-electron chi connectivity index (χ4n) is 1.65. The lowest BCUT2D eigenvalue weighted by Gasteiger charge is -2.09. The lowest BCUT2D eigenvalue weighted by Crippen LogP contribution is -2.09. The van der Waals surface area contributed by atoms with Crippen molar-refractivity contribution in [1.82, 2.24) is 4.98 Å². The fourth-order valence-corrected chi connectivity index (χ4v) is 1.65. The van der Waals surface area contributed by atoms with Crippen LogP contribution < -0.4 is 5.73 Å². The number of pyridine rings is 1. The Morgan fingerprint density at radius 2 is 1.94 bits per heavy atom. The van der Waals surface area contributed by atoms with Gasteiger partial charge in [0.25, 0.3) is 0 Å². The third-order valence-electron chi connectivity index (χ3n) is 2.45. The van der Waals surface area contributed by atoms with Crippen molar-refractivity contribution in [3.05, 3.63) is 48.2 Å². The van der Waals surface area contributed by atoms with Crippen molar-refractivity contribution in [2.24, 2.45) is 0 Å². The summed E-state index contributed by atoms with van der Waals surface area (Å²) in [4.78, 5) is 15.6. The highest BCUT2D eigenvalue weighted by atomic mass is 16.5. The zero-order chi connectivity index (χ0) is 12.3. The third kappa shape index (κ3) is 2.10. The molecule has 2 rings (SSSR count). The number of anilines is 1. The molecule has 1 heterocycles. The summed E-state index contributed by atoms with van der Waals surface area (Å²) in [5, 5.41) is 0. The number of methoxy groups -OCH3 is 1. The van der Waals surface area contributed by atoms with Gasteiger partial charge in [-0.15, -0.1) is 0 Å². The number of carbonyl (C=O) groups is 1. The van der Waals surface area contributed by atoms with Crippen LogP contribution in [0.3, 0.4) is 0 Å². The fraction of sp³-hybridized carbons (Fsp3) is 0.0769. The SMILES string of the molecule is COC(=O)c1c(-c2ccccc2)ccnc1N. The van der Waals surface area contributed by atoms with E-state index in [2.05, 4.69) is 4.98 Å². The van der Waals surface area contributed by atoms with Crippen molar-refractivity contribution >= 4 is 11.8 Å². The number of nitrogens with zero attached hydrogens (tertiary/aromatic N) is 1. The summed E-state index contributed by atoms with van der Waals surface area (Å²) in [6.07, 6.45) is 1.57. The molecular formula is C13H12N2O2. The predicted octanol–water partition coefficient (Wildman–Crippen LogP) is 2.12. The molecule has 4 nitrogen and oxygen atoms in total. The van der Waals surface area contributed by atoms with Gasteiger partial charge in [-0.3, -0.25) is 0 Å². The Bertz CT molecular complexity index is 538. The average Bonchev–Trinajstić information content (AvgIpc) is 2.38. The van der Waals surface area contributed by atoms with Gasteiger partial charge in [-0.25, -0.2) is 9.78 Å². The minimum Gasteiger partial charge on any atom is -0.465 e. The molecule has 17 heavy (non-hydrogen) atoms. The maximum absolute atomic E-state index is 11.7. The normalized spacial score (nSPS) is 9.94. The molecule has 4 heteroatoms. The topological polar surface area (TPSA) is 65.2 Å². The van der Waals surface area contributed by atoms with E-state index in [1.807, 2.05) is 30.3 Å². The number of hydrogen-bond donors (Lipinski definition) is 1. The van der Waals surface area contributed by atoms with Gasteiger partial charge in [0.05, 0.1) is 7.11 Å². The first kappa shape index (κ1) is 11.1. The summed E-state index contributed by atoms with van der Waals surface area (Å²) in [6, 6.07) is 11.3. The van der Waals surface area contributed by atoms with Crippen LogP contribution in [0.5, 0.6) is 0 Å². The minimum atomic E-state index is -0.477. The van der Waals surface area contributed by atoms with Crippen LogP contribution in [0.15, 0.2) is 42.6 Å². The highest BCUT2D eigenvalue weighted by Crippen LogP contribution is 2.26. The number of aromatic nitrogens is 1. The Kier molecular flexibility index (Phi) is 3.05. The van der Waals surface area contributed by atoms with E-state index in [1.165, 1.54) is 7.11 Å². The standard InChI is InChI=1S/C13H12N2O2/c1-17-13(16)11-10(7-8-15-12(11)14)9-5-3-2-4-6-9/h2-8H,1H3,(H2,14,15). The summed E-state index contributed by atoms with van der Waals surface area (Å²) in [7, 11) is 1.32. The van der Waals surface area contributed by atoms with E-state index < -0.39 is 5.97 Å². The van der Waals surface area contributed by atoms with Crippen LogP contribution >= 0.6 is 0 Å². The van der Waals surface area contributed by atoms with Crippen LogP contribution in [0.1, 0.15) is 10.4 Å². The first-order valence-corrected chi connectivity index (χ1v) is 5.12. The summed E-state index contributed by atoms with van der Waals surface area (Å²) in [5.41, 5.74) is 7.66. The molecule has 0 saturated carbocycles. The highest BCUT2D eigenvalue weighted by Gasteiger charge is 2.17. The lowest BCUT2D eigenvalue weighted by molar-refractivity contribution is 0.0602. The zero-order valence-electron chi connectivity index (χ0n) is 9.38. The summed E-state index contributed by atoms with van der Waals surface area (Å²) < 4.78 is 4.72. The van der Waals surface area contributed by atoms with Crippen LogP contribution in [0.25, 0.3) is 11.1 Å². The highest BCUT2D eigenvalue weighted by molar-refractivity contribution is 6.01. The molecule has 0 radical (unpaired) electrons. The van der Waals surface area contributed by atoms with Crippen molar-refractivity contribution < 1.29 is 9.53 Å². The Balaban J connectivity index is 2.62. The molecule has 1 aromatic heterocycles. The van der Waals surface area contributed by atoms with E-state index in [9.17, 15) is 4.79 Å². The van der Waals surface area contributed by atoms with Crippen LogP contribution in [-0.2, 0) is 4.74 Å². The van der Waals surface area contributed by atoms with Crippen molar-refractivity contribution in [2.45, 2.75) is 0 Å². The number of ether oxygens (including phenoxy) is 1. The van der Waals surface area contributed by atoms with Gasteiger partial charge in [-0.2, -0.15) is 0 Å². The van der Waals surface area contributed by atoms with Gasteiger partial charge in [-0.1, -0.05) is 30.3 Å². The van der Waals surface area contributed by atoms with Gasteiger partial charge in [0.2, 0.25) is 0 Å². The maximum Gasteiger partial charge on any atom is 0.342 e. The molecule has 0 fully saturated rings. The van der Waals surface area contributed by atoms with Gasteiger partial charge in [0.15, 0.2) is 0 Å². The average molecular weight is 228 g/mol. The molecule has 0 spiro atoms.